The first kappa shape index (κ1) is 14.3. The Bertz CT molecular complexity index is 653. The first-order valence-corrected chi connectivity index (χ1v) is 7.32. The van der Waals surface area contributed by atoms with Crippen molar-refractivity contribution in [1.29, 1.82) is 0 Å². The SMILES string of the molecule is Cc1nnc([C@H]2CN(C(=O)c3ccc(Br)o3)C[C@@H](C)O2)o1. The predicted molar refractivity (Wildman–Crippen MR) is 74.6 cm³/mol. The highest BCUT2D eigenvalue weighted by Crippen LogP contribution is 2.26. The van der Waals surface area contributed by atoms with Gasteiger partial charge in [-0.2, -0.15) is 0 Å². The van der Waals surface area contributed by atoms with E-state index in [1.54, 1.807) is 24.0 Å². The van der Waals surface area contributed by atoms with Gasteiger partial charge in [-0.1, -0.05) is 0 Å². The number of carbonyl (C=O) groups is 1. The smallest absolute Gasteiger partial charge is 0.289 e. The summed E-state index contributed by atoms with van der Waals surface area (Å²) >= 11 is 3.19. The maximum atomic E-state index is 12.4. The molecule has 0 spiro atoms. The molecule has 1 saturated heterocycles. The second kappa shape index (κ2) is 5.61. The number of aromatic nitrogens is 2. The molecule has 0 saturated carbocycles. The minimum atomic E-state index is -0.419. The largest absolute Gasteiger partial charge is 0.444 e. The number of halogens is 1. The molecule has 0 radical (unpaired) electrons. The molecule has 7 nitrogen and oxygen atoms in total. The molecule has 3 heterocycles. The number of hydrogen-bond acceptors (Lipinski definition) is 6. The number of carbonyl (C=O) groups excluding carboxylic acids is 1. The van der Waals surface area contributed by atoms with Crippen molar-refractivity contribution >= 4 is 21.8 Å². The van der Waals surface area contributed by atoms with Crippen molar-refractivity contribution in [2.24, 2.45) is 0 Å². The van der Waals surface area contributed by atoms with E-state index in [-0.39, 0.29) is 17.8 Å². The zero-order valence-corrected chi connectivity index (χ0v) is 13.2. The predicted octanol–water partition coefficient (Wildman–Crippen LogP) is 2.34. The van der Waals surface area contributed by atoms with Gasteiger partial charge in [0.2, 0.25) is 11.8 Å². The monoisotopic (exact) mass is 355 g/mol. The fraction of sp³-hybridized carbons (Fsp3) is 0.462. The molecule has 0 aromatic carbocycles. The van der Waals surface area contributed by atoms with Gasteiger partial charge in [-0.3, -0.25) is 4.79 Å². The number of aryl methyl sites for hydroxylation is 1. The molecular weight excluding hydrogens is 342 g/mol. The summed E-state index contributed by atoms with van der Waals surface area (Å²) in [6, 6.07) is 3.33. The third-order valence-corrected chi connectivity index (χ3v) is 3.57. The van der Waals surface area contributed by atoms with Crippen LogP contribution in [0.25, 0.3) is 0 Å². The molecule has 1 aliphatic heterocycles. The number of hydrogen-bond donors (Lipinski definition) is 0. The zero-order chi connectivity index (χ0) is 15.0. The minimum Gasteiger partial charge on any atom is -0.444 e. The Morgan fingerprint density at radius 2 is 2.14 bits per heavy atom. The fourth-order valence-electron chi connectivity index (χ4n) is 2.28. The van der Waals surface area contributed by atoms with Crippen LogP contribution in [0.3, 0.4) is 0 Å². The topological polar surface area (TPSA) is 81.6 Å². The van der Waals surface area contributed by atoms with Gasteiger partial charge < -0.3 is 18.5 Å². The summed E-state index contributed by atoms with van der Waals surface area (Å²) in [5.41, 5.74) is 0. The quantitative estimate of drug-likeness (QED) is 0.822. The fourth-order valence-corrected chi connectivity index (χ4v) is 2.59. The van der Waals surface area contributed by atoms with E-state index in [9.17, 15) is 4.79 Å². The second-order valence-corrected chi connectivity index (χ2v) is 5.69. The van der Waals surface area contributed by atoms with Crippen molar-refractivity contribution in [1.82, 2.24) is 15.1 Å². The van der Waals surface area contributed by atoms with Gasteiger partial charge in [0.1, 0.15) is 0 Å². The molecule has 2 aromatic rings. The summed E-state index contributed by atoms with van der Waals surface area (Å²) < 4.78 is 17.0. The lowest BCUT2D eigenvalue weighted by Gasteiger charge is -2.34. The molecule has 0 aliphatic carbocycles. The van der Waals surface area contributed by atoms with Crippen LogP contribution >= 0.6 is 15.9 Å². The van der Waals surface area contributed by atoms with E-state index < -0.39 is 6.10 Å². The number of nitrogens with zero attached hydrogens (tertiary/aromatic N) is 3. The van der Waals surface area contributed by atoms with Crippen LogP contribution in [0, 0.1) is 6.92 Å². The second-order valence-electron chi connectivity index (χ2n) is 4.91. The van der Waals surface area contributed by atoms with Crippen molar-refractivity contribution in [3.63, 3.8) is 0 Å². The number of furan rings is 1. The first-order chi connectivity index (χ1) is 10.0. The highest BCUT2D eigenvalue weighted by atomic mass is 79.9. The van der Waals surface area contributed by atoms with E-state index in [1.165, 1.54) is 0 Å². The lowest BCUT2D eigenvalue weighted by atomic mass is 10.2. The van der Waals surface area contributed by atoms with Gasteiger partial charge in [-0.05, 0) is 35.0 Å². The van der Waals surface area contributed by atoms with E-state index in [1.807, 2.05) is 6.92 Å². The van der Waals surface area contributed by atoms with E-state index >= 15 is 0 Å². The molecule has 1 fully saturated rings. The van der Waals surface area contributed by atoms with Crippen LogP contribution in [0.1, 0.15) is 35.4 Å². The van der Waals surface area contributed by atoms with E-state index in [2.05, 4.69) is 26.1 Å². The van der Waals surface area contributed by atoms with Gasteiger partial charge in [-0.15, -0.1) is 10.2 Å². The van der Waals surface area contributed by atoms with Crippen molar-refractivity contribution in [3.8, 4) is 0 Å². The molecule has 2 atom stereocenters. The lowest BCUT2D eigenvalue weighted by Crippen LogP contribution is -2.46. The molecular formula is C13H14BrN3O4. The van der Waals surface area contributed by atoms with Crippen LogP contribution in [0.2, 0.25) is 0 Å². The molecule has 0 N–H and O–H groups in total. The normalized spacial score (nSPS) is 22.5. The maximum absolute atomic E-state index is 12.4. The van der Waals surface area contributed by atoms with Gasteiger partial charge in [0, 0.05) is 13.5 Å². The van der Waals surface area contributed by atoms with Gasteiger partial charge in [-0.25, -0.2) is 0 Å². The summed E-state index contributed by atoms with van der Waals surface area (Å²) in [6.45, 7) is 4.45. The number of rotatable bonds is 2. The van der Waals surface area contributed by atoms with Crippen molar-refractivity contribution in [2.75, 3.05) is 13.1 Å². The Hall–Kier alpha value is -1.67. The van der Waals surface area contributed by atoms with Gasteiger partial charge in [0.15, 0.2) is 16.5 Å². The molecule has 21 heavy (non-hydrogen) atoms. The highest BCUT2D eigenvalue weighted by molar-refractivity contribution is 9.10. The van der Waals surface area contributed by atoms with Crippen LogP contribution < -0.4 is 0 Å². The van der Waals surface area contributed by atoms with Crippen LogP contribution in [0.4, 0.5) is 0 Å². The molecule has 3 rings (SSSR count). The molecule has 2 aromatic heterocycles. The van der Waals surface area contributed by atoms with Gasteiger partial charge in [0.25, 0.3) is 5.91 Å². The number of morpholine rings is 1. The van der Waals surface area contributed by atoms with Gasteiger partial charge in [0.05, 0.1) is 12.6 Å². The van der Waals surface area contributed by atoms with Crippen LogP contribution in [-0.2, 0) is 4.74 Å². The molecule has 1 aliphatic rings. The number of amides is 1. The Labute approximate surface area is 129 Å². The van der Waals surface area contributed by atoms with Crippen LogP contribution in [0.15, 0.2) is 25.6 Å². The zero-order valence-electron chi connectivity index (χ0n) is 11.6. The van der Waals surface area contributed by atoms with Crippen molar-refractivity contribution < 1.29 is 18.4 Å². The lowest BCUT2D eigenvalue weighted by molar-refractivity contribution is -0.0801. The number of ether oxygens (including phenoxy) is 1. The Morgan fingerprint density at radius 1 is 1.33 bits per heavy atom. The van der Waals surface area contributed by atoms with E-state index in [0.717, 1.165) is 0 Å². The summed E-state index contributed by atoms with van der Waals surface area (Å²) in [5, 5.41) is 7.76. The summed E-state index contributed by atoms with van der Waals surface area (Å²) in [7, 11) is 0. The Balaban J connectivity index is 1.78. The third kappa shape index (κ3) is 3.01. The molecule has 112 valence electrons. The Morgan fingerprint density at radius 3 is 2.76 bits per heavy atom. The summed E-state index contributed by atoms with van der Waals surface area (Å²) in [6.07, 6.45) is -0.546. The first-order valence-electron chi connectivity index (χ1n) is 6.53. The third-order valence-electron chi connectivity index (χ3n) is 3.15. The molecule has 1 amide bonds. The van der Waals surface area contributed by atoms with E-state index in [4.69, 9.17) is 13.6 Å². The average molecular weight is 356 g/mol. The molecule has 8 heteroatoms. The standard InChI is InChI=1S/C13H14BrN3O4/c1-7-5-17(13(18)9-3-4-11(14)21-9)6-10(19-7)12-16-15-8(2)20-12/h3-4,7,10H,5-6H2,1-2H3/t7-,10-/m1/s1. The molecule has 0 unspecified atom stereocenters. The van der Waals surface area contributed by atoms with Crippen LogP contribution in [0.5, 0.6) is 0 Å². The Kier molecular flexibility index (Phi) is 3.81. The summed E-state index contributed by atoms with van der Waals surface area (Å²) in [5.74, 6) is 0.964. The molecule has 0 bridgehead atoms. The maximum Gasteiger partial charge on any atom is 0.289 e. The minimum absolute atomic E-state index is 0.127. The highest BCUT2D eigenvalue weighted by Gasteiger charge is 2.33. The summed E-state index contributed by atoms with van der Waals surface area (Å²) in [4.78, 5) is 14.1. The average Bonchev–Trinajstić information content (AvgIpc) is 3.06. The van der Waals surface area contributed by atoms with Gasteiger partial charge >= 0.3 is 0 Å². The van der Waals surface area contributed by atoms with Crippen molar-refractivity contribution in [2.45, 2.75) is 26.1 Å². The van der Waals surface area contributed by atoms with E-state index in [0.29, 0.717) is 29.5 Å². The van der Waals surface area contributed by atoms with Crippen LogP contribution in [-0.4, -0.2) is 40.2 Å². The van der Waals surface area contributed by atoms with Crippen molar-refractivity contribution in [3.05, 3.63) is 34.3 Å².